The molecule has 1 amide bonds. The summed E-state index contributed by atoms with van der Waals surface area (Å²) >= 11 is 0. The van der Waals surface area contributed by atoms with Gasteiger partial charge in [0, 0.05) is 25.7 Å². The summed E-state index contributed by atoms with van der Waals surface area (Å²) in [7, 11) is 0. The largest absolute Gasteiger partial charge is 0.463 e. The van der Waals surface area contributed by atoms with E-state index in [1.165, 1.54) is 19.3 Å². The Labute approximate surface area is 142 Å². The van der Waals surface area contributed by atoms with Crippen LogP contribution in [-0.2, 0) is 6.54 Å². The van der Waals surface area contributed by atoms with Crippen LogP contribution in [0, 0.1) is 0 Å². The molecular weight excluding hydrogens is 304 g/mol. The van der Waals surface area contributed by atoms with Crippen molar-refractivity contribution >= 4 is 5.91 Å². The predicted octanol–water partition coefficient (Wildman–Crippen LogP) is 2.77. The Kier molecular flexibility index (Phi) is 5.69. The van der Waals surface area contributed by atoms with E-state index in [1.54, 1.807) is 6.26 Å². The van der Waals surface area contributed by atoms with Crippen molar-refractivity contribution in [3.05, 3.63) is 30.2 Å². The minimum atomic E-state index is -0.116. The molecule has 0 radical (unpaired) electrons. The average molecular weight is 330 g/mol. The van der Waals surface area contributed by atoms with E-state index in [1.807, 2.05) is 22.9 Å². The van der Waals surface area contributed by atoms with E-state index in [0.717, 1.165) is 44.1 Å². The highest BCUT2D eigenvalue weighted by Crippen LogP contribution is 2.21. The molecule has 0 unspecified atom stereocenters. The predicted molar refractivity (Wildman–Crippen MR) is 92.8 cm³/mol. The summed E-state index contributed by atoms with van der Waals surface area (Å²) < 4.78 is 7.31. The molecule has 24 heavy (non-hydrogen) atoms. The first-order valence-electron chi connectivity index (χ1n) is 8.90. The first kappa shape index (κ1) is 16.8. The fraction of sp³-hybridized carbons (Fsp3) is 0.556. The molecule has 1 saturated heterocycles. The van der Waals surface area contributed by atoms with Crippen molar-refractivity contribution in [1.82, 2.24) is 20.0 Å². The van der Waals surface area contributed by atoms with Crippen LogP contribution in [0.1, 0.15) is 43.1 Å². The molecule has 3 rings (SSSR count). The monoisotopic (exact) mass is 330 g/mol. The number of piperidine rings is 1. The van der Waals surface area contributed by atoms with Gasteiger partial charge in [0.1, 0.15) is 5.69 Å². The van der Waals surface area contributed by atoms with Crippen molar-refractivity contribution in [2.75, 3.05) is 26.2 Å². The molecule has 0 aliphatic carbocycles. The van der Waals surface area contributed by atoms with Gasteiger partial charge < -0.3 is 14.6 Å². The first-order chi connectivity index (χ1) is 11.8. The molecule has 2 aromatic rings. The van der Waals surface area contributed by atoms with Crippen molar-refractivity contribution in [2.45, 2.75) is 39.2 Å². The molecule has 6 heteroatoms. The Bertz CT molecular complexity index is 642. The fourth-order valence-electron chi connectivity index (χ4n) is 3.13. The van der Waals surface area contributed by atoms with E-state index in [9.17, 15) is 4.79 Å². The number of carbonyl (C=O) groups excluding carboxylic acids is 1. The lowest BCUT2D eigenvalue weighted by Gasteiger charge is -2.26. The molecular formula is C18H26N4O2. The summed E-state index contributed by atoms with van der Waals surface area (Å²) in [5.74, 6) is 0.623. The number of carbonyl (C=O) groups is 1. The van der Waals surface area contributed by atoms with E-state index in [4.69, 9.17) is 4.42 Å². The van der Waals surface area contributed by atoms with Gasteiger partial charge in [-0.15, -0.1) is 0 Å². The van der Waals surface area contributed by atoms with E-state index in [2.05, 4.69) is 22.2 Å². The zero-order chi connectivity index (χ0) is 16.8. The Balaban J connectivity index is 1.60. The van der Waals surface area contributed by atoms with Gasteiger partial charge in [-0.1, -0.05) is 13.3 Å². The molecule has 6 nitrogen and oxygen atoms in total. The van der Waals surface area contributed by atoms with Gasteiger partial charge in [0.2, 0.25) is 0 Å². The van der Waals surface area contributed by atoms with E-state index in [-0.39, 0.29) is 5.91 Å². The number of hydrogen-bond acceptors (Lipinski definition) is 4. The van der Waals surface area contributed by atoms with Crippen LogP contribution < -0.4 is 5.32 Å². The lowest BCUT2D eigenvalue weighted by Crippen LogP contribution is -2.37. The maximum Gasteiger partial charge on any atom is 0.271 e. The van der Waals surface area contributed by atoms with Gasteiger partial charge in [-0.25, -0.2) is 0 Å². The maximum absolute atomic E-state index is 12.4. The lowest BCUT2D eigenvalue weighted by molar-refractivity contribution is 0.0940. The molecule has 0 aromatic carbocycles. The summed E-state index contributed by atoms with van der Waals surface area (Å²) in [4.78, 5) is 14.8. The molecule has 1 aliphatic heterocycles. The van der Waals surface area contributed by atoms with Crippen molar-refractivity contribution in [2.24, 2.45) is 0 Å². The molecule has 1 N–H and O–H groups in total. The minimum Gasteiger partial charge on any atom is -0.463 e. The second-order valence-corrected chi connectivity index (χ2v) is 6.27. The quantitative estimate of drug-likeness (QED) is 0.848. The van der Waals surface area contributed by atoms with E-state index < -0.39 is 0 Å². The zero-order valence-electron chi connectivity index (χ0n) is 14.3. The molecule has 1 fully saturated rings. The van der Waals surface area contributed by atoms with Crippen molar-refractivity contribution in [3.63, 3.8) is 0 Å². The van der Waals surface area contributed by atoms with E-state index >= 15 is 0 Å². The number of aryl methyl sites for hydroxylation is 1. The number of aromatic nitrogens is 2. The van der Waals surface area contributed by atoms with Crippen LogP contribution in [-0.4, -0.2) is 46.8 Å². The molecule has 130 valence electrons. The Morgan fingerprint density at radius 2 is 2.12 bits per heavy atom. The van der Waals surface area contributed by atoms with Gasteiger partial charge in [-0.2, -0.15) is 5.10 Å². The third-order valence-electron chi connectivity index (χ3n) is 4.38. The number of furan rings is 1. The van der Waals surface area contributed by atoms with Crippen LogP contribution in [0.4, 0.5) is 0 Å². The van der Waals surface area contributed by atoms with E-state index in [0.29, 0.717) is 12.2 Å². The van der Waals surface area contributed by atoms with Crippen molar-refractivity contribution in [1.29, 1.82) is 0 Å². The van der Waals surface area contributed by atoms with Gasteiger partial charge >= 0.3 is 0 Å². The number of nitrogens with one attached hydrogen (secondary N) is 1. The fourth-order valence-corrected chi connectivity index (χ4v) is 3.13. The third-order valence-corrected chi connectivity index (χ3v) is 4.38. The van der Waals surface area contributed by atoms with Crippen molar-refractivity contribution in [3.8, 4) is 11.5 Å². The number of rotatable bonds is 7. The Morgan fingerprint density at radius 1 is 1.29 bits per heavy atom. The lowest BCUT2D eigenvalue weighted by atomic mass is 10.1. The van der Waals surface area contributed by atoms with Gasteiger partial charge in [0.15, 0.2) is 11.5 Å². The van der Waals surface area contributed by atoms with Gasteiger partial charge in [-0.05, 0) is 44.5 Å². The number of amides is 1. The van der Waals surface area contributed by atoms with Gasteiger partial charge in [0.25, 0.3) is 5.91 Å². The first-order valence-corrected chi connectivity index (χ1v) is 8.90. The molecule has 0 saturated carbocycles. The highest BCUT2D eigenvalue weighted by atomic mass is 16.3. The molecule has 3 heterocycles. The maximum atomic E-state index is 12.4. The molecule has 0 atom stereocenters. The highest BCUT2D eigenvalue weighted by molar-refractivity contribution is 5.93. The second-order valence-electron chi connectivity index (χ2n) is 6.27. The summed E-state index contributed by atoms with van der Waals surface area (Å²) in [5, 5.41) is 7.44. The van der Waals surface area contributed by atoms with Crippen LogP contribution in [0.25, 0.3) is 11.5 Å². The molecule has 0 bridgehead atoms. The smallest absolute Gasteiger partial charge is 0.271 e. The minimum absolute atomic E-state index is 0.116. The van der Waals surface area contributed by atoms with Crippen LogP contribution in [0.15, 0.2) is 28.9 Å². The van der Waals surface area contributed by atoms with Crippen LogP contribution >= 0.6 is 0 Å². The normalized spacial score (nSPS) is 15.5. The number of likely N-dealkylation sites (tertiary alicyclic amines) is 1. The number of hydrogen-bond donors (Lipinski definition) is 1. The molecule has 1 aliphatic rings. The molecule has 0 spiro atoms. The SMILES string of the molecule is CCCn1nc(C(=O)NCCN2CCCCC2)cc1-c1ccco1. The second kappa shape index (κ2) is 8.15. The topological polar surface area (TPSA) is 63.3 Å². The van der Waals surface area contributed by atoms with Crippen molar-refractivity contribution < 1.29 is 9.21 Å². The average Bonchev–Trinajstić information content (AvgIpc) is 3.25. The van der Waals surface area contributed by atoms with Crippen LogP contribution in [0.5, 0.6) is 0 Å². The summed E-state index contributed by atoms with van der Waals surface area (Å²) in [5.41, 5.74) is 1.30. The number of nitrogens with zero attached hydrogens (tertiary/aromatic N) is 3. The van der Waals surface area contributed by atoms with Crippen LogP contribution in [0.3, 0.4) is 0 Å². The highest BCUT2D eigenvalue weighted by Gasteiger charge is 2.17. The molecule has 2 aromatic heterocycles. The summed E-state index contributed by atoms with van der Waals surface area (Å²) in [6.45, 7) is 6.71. The summed E-state index contributed by atoms with van der Waals surface area (Å²) in [6, 6.07) is 5.54. The standard InChI is InChI=1S/C18H26N4O2/c1-2-9-22-16(17-7-6-13-24-17)14-15(20-22)18(23)19-8-12-21-10-4-3-5-11-21/h6-7,13-14H,2-5,8-12H2,1H3,(H,19,23). The summed E-state index contributed by atoms with van der Waals surface area (Å²) in [6.07, 6.45) is 6.44. The van der Waals surface area contributed by atoms with Gasteiger partial charge in [0.05, 0.1) is 6.26 Å². The van der Waals surface area contributed by atoms with Gasteiger partial charge in [-0.3, -0.25) is 9.48 Å². The Morgan fingerprint density at radius 3 is 2.83 bits per heavy atom. The van der Waals surface area contributed by atoms with Crippen LogP contribution in [0.2, 0.25) is 0 Å². The third kappa shape index (κ3) is 4.06. The zero-order valence-corrected chi connectivity index (χ0v) is 14.3. The Hall–Kier alpha value is -2.08.